The summed E-state index contributed by atoms with van der Waals surface area (Å²) in [6, 6.07) is 20.4. The van der Waals surface area contributed by atoms with Gasteiger partial charge in [0, 0.05) is 11.1 Å². The Hall–Kier alpha value is -1.99. The van der Waals surface area contributed by atoms with Crippen LogP contribution >= 0.6 is 11.6 Å². The highest BCUT2D eigenvalue weighted by molar-refractivity contribution is 6.33. The first-order valence-electron chi connectivity index (χ1n) is 6.25. The first kappa shape index (κ1) is 12.1. The molecular weight excluding hydrogens is 254 g/mol. The SMILES string of the molecule is Cc1ccc2ccccc2c1Nc1ccccc1Cl. The number of nitrogens with one attached hydrogen (secondary N) is 1. The van der Waals surface area contributed by atoms with Crippen LogP contribution in [0.15, 0.2) is 60.7 Å². The van der Waals surface area contributed by atoms with Crippen molar-refractivity contribution < 1.29 is 0 Å². The molecular formula is C17H14ClN. The standard InChI is InChI=1S/C17H14ClN/c1-12-10-11-13-6-2-3-7-14(13)17(12)19-16-9-5-4-8-15(16)18/h2-11,19H,1H3. The van der Waals surface area contributed by atoms with E-state index in [4.69, 9.17) is 11.6 Å². The van der Waals surface area contributed by atoms with Gasteiger partial charge in [-0.15, -0.1) is 0 Å². The van der Waals surface area contributed by atoms with Gasteiger partial charge in [-0.25, -0.2) is 0 Å². The number of benzene rings is 3. The molecule has 2 heteroatoms. The minimum absolute atomic E-state index is 0.731. The van der Waals surface area contributed by atoms with Crippen LogP contribution in [0.5, 0.6) is 0 Å². The highest BCUT2D eigenvalue weighted by Gasteiger charge is 2.06. The largest absolute Gasteiger partial charge is 0.354 e. The molecule has 0 saturated heterocycles. The van der Waals surface area contributed by atoms with Crippen molar-refractivity contribution >= 4 is 33.7 Å². The lowest BCUT2D eigenvalue weighted by molar-refractivity contribution is 1.46. The van der Waals surface area contributed by atoms with E-state index in [-0.39, 0.29) is 0 Å². The first-order chi connectivity index (χ1) is 9.25. The molecule has 0 aliphatic heterocycles. The lowest BCUT2D eigenvalue weighted by Gasteiger charge is -2.14. The molecule has 94 valence electrons. The van der Waals surface area contributed by atoms with Crippen molar-refractivity contribution in [3.05, 3.63) is 71.2 Å². The predicted octanol–water partition coefficient (Wildman–Crippen LogP) is 5.55. The average Bonchev–Trinajstić information content (AvgIpc) is 2.44. The number of rotatable bonds is 2. The van der Waals surface area contributed by atoms with E-state index >= 15 is 0 Å². The van der Waals surface area contributed by atoms with Gasteiger partial charge >= 0.3 is 0 Å². The summed E-state index contributed by atoms with van der Waals surface area (Å²) >= 11 is 6.22. The second-order valence-corrected chi connectivity index (χ2v) is 4.99. The third-order valence-electron chi connectivity index (χ3n) is 3.27. The number of fused-ring (bicyclic) bond motifs is 1. The van der Waals surface area contributed by atoms with Crippen LogP contribution < -0.4 is 5.32 Å². The van der Waals surface area contributed by atoms with Crippen molar-refractivity contribution in [1.29, 1.82) is 0 Å². The molecule has 0 saturated carbocycles. The Morgan fingerprint density at radius 3 is 2.42 bits per heavy atom. The van der Waals surface area contributed by atoms with E-state index in [0.717, 1.165) is 16.4 Å². The van der Waals surface area contributed by atoms with Gasteiger partial charge in [-0.1, -0.05) is 60.1 Å². The number of hydrogen-bond acceptors (Lipinski definition) is 1. The number of hydrogen-bond donors (Lipinski definition) is 1. The summed E-state index contributed by atoms with van der Waals surface area (Å²) in [5.74, 6) is 0. The van der Waals surface area contributed by atoms with Crippen molar-refractivity contribution in [2.75, 3.05) is 5.32 Å². The zero-order valence-corrected chi connectivity index (χ0v) is 11.4. The maximum Gasteiger partial charge on any atom is 0.0640 e. The second kappa shape index (κ2) is 4.94. The third-order valence-corrected chi connectivity index (χ3v) is 3.60. The molecule has 0 heterocycles. The molecule has 19 heavy (non-hydrogen) atoms. The fraction of sp³-hybridized carbons (Fsp3) is 0.0588. The zero-order chi connectivity index (χ0) is 13.2. The van der Waals surface area contributed by atoms with Crippen molar-refractivity contribution in [2.45, 2.75) is 6.92 Å². The average molecular weight is 268 g/mol. The van der Waals surface area contributed by atoms with Crippen LogP contribution in [-0.2, 0) is 0 Å². The van der Waals surface area contributed by atoms with Crippen LogP contribution in [0.3, 0.4) is 0 Å². The molecule has 3 rings (SSSR count). The highest BCUT2D eigenvalue weighted by Crippen LogP contribution is 2.32. The van der Waals surface area contributed by atoms with Gasteiger partial charge in [0.05, 0.1) is 10.7 Å². The molecule has 0 spiro atoms. The van der Waals surface area contributed by atoms with Crippen LogP contribution in [-0.4, -0.2) is 0 Å². The zero-order valence-electron chi connectivity index (χ0n) is 10.7. The quantitative estimate of drug-likeness (QED) is 0.642. The molecule has 0 unspecified atom stereocenters. The van der Waals surface area contributed by atoms with Gasteiger partial charge in [0.2, 0.25) is 0 Å². The van der Waals surface area contributed by atoms with Crippen LogP contribution in [0, 0.1) is 6.92 Å². The van der Waals surface area contributed by atoms with Crippen LogP contribution in [0.4, 0.5) is 11.4 Å². The summed E-state index contributed by atoms with van der Waals surface area (Å²) in [5.41, 5.74) is 3.26. The van der Waals surface area contributed by atoms with Crippen molar-refractivity contribution in [3.8, 4) is 0 Å². The molecule has 0 fully saturated rings. The van der Waals surface area contributed by atoms with E-state index in [1.807, 2.05) is 24.3 Å². The highest BCUT2D eigenvalue weighted by atomic mass is 35.5. The minimum Gasteiger partial charge on any atom is -0.354 e. The van der Waals surface area contributed by atoms with E-state index < -0.39 is 0 Å². The number of halogens is 1. The van der Waals surface area contributed by atoms with Gasteiger partial charge in [-0.3, -0.25) is 0 Å². The Bertz CT molecular complexity index is 734. The topological polar surface area (TPSA) is 12.0 Å². The van der Waals surface area contributed by atoms with Crippen LogP contribution in [0.25, 0.3) is 10.8 Å². The fourth-order valence-corrected chi connectivity index (χ4v) is 2.43. The Kier molecular flexibility index (Phi) is 3.14. The van der Waals surface area contributed by atoms with E-state index in [2.05, 4.69) is 48.6 Å². The summed E-state index contributed by atoms with van der Waals surface area (Å²) in [6.07, 6.45) is 0. The van der Waals surface area contributed by atoms with Crippen molar-refractivity contribution in [3.63, 3.8) is 0 Å². The molecule has 0 aliphatic carbocycles. The second-order valence-electron chi connectivity index (χ2n) is 4.58. The van der Waals surface area contributed by atoms with Crippen molar-refractivity contribution in [2.24, 2.45) is 0 Å². The first-order valence-corrected chi connectivity index (χ1v) is 6.63. The Labute approximate surface area is 117 Å². The number of anilines is 2. The maximum atomic E-state index is 6.22. The molecule has 3 aromatic carbocycles. The molecule has 0 amide bonds. The summed E-state index contributed by atoms with van der Waals surface area (Å²) < 4.78 is 0. The normalized spacial score (nSPS) is 10.6. The van der Waals surface area contributed by atoms with Gasteiger partial charge in [0.15, 0.2) is 0 Å². The number of aryl methyl sites for hydroxylation is 1. The van der Waals surface area contributed by atoms with Crippen LogP contribution in [0.2, 0.25) is 5.02 Å². The maximum absolute atomic E-state index is 6.22. The Morgan fingerprint density at radius 1 is 0.842 bits per heavy atom. The smallest absolute Gasteiger partial charge is 0.0640 e. The predicted molar refractivity (Wildman–Crippen MR) is 83.4 cm³/mol. The molecule has 3 aromatic rings. The molecule has 1 nitrogen and oxygen atoms in total. The lowest BCUT2D eigenvalue weighted by Crippen LogP contribution is -1.95. The van der Waals surface area contributed by atoms with E-state index in [1.54, 1.807) is 0 Å². The summed E-state index contributed by atoms with van der Waals surface area (Å²) in [7, 11) is 0. The summed E-state index contributed by atoms with van der Waals surface area (Å²) in [4.78, 5) is 0. The monoisotopic (exact) mass is 267 g/mol. The third kappa shape index (κ3) is 2.29. The molecule has 0 aromatic heterocycles. The van der Waals surface area contributed by atoms with Gasteiger partial charge in [0.1, 0.15) is 0 Å². The van der Waals surface area contributed by atoms with Gasteiger partial charge < -0.3 is 5.32 Å². The molecule has 0 aliphatic rings. The van der Waals surface area contributed by atoms with E-state index in [0.29, 0.717) is 0 Å². The Balaban J connectivity index is 2.15. The van der Waals surface area contributed by atoms with Gasteiger partial charge in [-0.2, -0.15) is 0 Å². The molecule has 0 atom stereocenters. The van der Waals surface area contributed by atoms with Gasteiger partial charge in [0.25, 0.3) is 0 Å². The lowest BCUT2D eigenvalue weighted by atomic mass is 10.0. The fourth-order valence-electron chi connectivity index (χ4n) is 2.24. The molecule has 1 N–H and O–H groups in total. The summed E-state index contributed by atoms with van der Waals surface area (Å²) in [6.45, 7) is 2.10. The van der Waals surface area contributed by atoms with E-state index in [1.165, 1.54) is 16.3 Å². The number of para-hydroxylation sites is 1. The van der Waals surface area contributed by atoms with Gasteiger partial charge in [-0.05, 0) is 30.0 Å². The minimum atomic E-state index is 0.731. The van der Waals surface area contributed by atoms with Crippen molar-refractivity contribution in [1.82, 2.24) is 0 Å². The summed E-state index contributed by atoms with van der Waals surface area (Å²) in [5, 5.41) is 6.62. The molecule has 0 bridgehead atoms. The molecule has 0 radical (unpaired) electrons. The Morgan fingerprint density at radius 2 is 1.58 bits per heavy atom. The van der Waals surface area contributed by atoms with E-state index in [9.17, 15) is 0 Å². The van der Waals surface area contributed by atoms with Crippen LogP contribution in [0.1, 0.15) is 5.56 Å².